The molecule has 0 amide bonds. The van der Waals surface area contributed by atoms with Crippen LogP contribution in [0.2, 0.25) is 0 Å². The van der Waals surface area contributed by atoms with Crippen molar-refractivity contribution >= 4 is 5.97 Å². The Morgan fingerprint density at radius 2 is 2.23 bits per heavy atom. The van der Waals surface area contributed by atoms with Gasteiger partial charge in [-0.1, -0.05) is 6.58 Å². The second-order valence-corrected chi connectivity index (χ2v) is 2.80. The van der Waals surface area contributed by atoms with Crippen LogP contribution in [-0.4, -0.2) is 23.8 Å². The zero-order valence-electron chi connectivity index (χ0n) is 8.33. The van der Waals surface area contributed by atoms with Crippen LogP contribution in [0.4, 0.5) is 0 Å². The SMILES string of the molecule is C=C(/C=C(\C)C(=O)OCC)[C@H](C)O. The van der Waals surface area contributed by atoms with Gasteiger partial charge in [0.2, 0.25) is 0 Å². The third-order valence-corrected chi connectivity index (χ3v) is 1.54. The van der Waals surface area contributed by atoms with Crippen LogP contribution >= 0.6 is 0 Å². The van der Waals surface area contributed by atoms with Gasteiger partial charge in [0.25, 0.3) is 0 Å². The second-order valence-electron chi connectivity index (χ2n) is 2.80. The van der Waals surface area contributed by atoms with Crippen molar-refractivity contribution < 1.29 is 14.6 Å². The van der Waals surface area contributed by atoms with Crippen LogP contribution in [-0.2, 0) is 9.53 Å². The Balaban J connectivity index is 4.31. The van der Waals surface area contributed by atoms with Crippen molar-refractivity contribution in [2.24, 2.45) is 0 Å². The Hall–Kier alpha value is -1.09. The number of aliphatic hydroxyl groups is 1. The largest absolute Gasteiger partial charge is 0.463 e. The maximum Gasteiger partial charge on any atom is 0.333 e. The van der Waals surface area contributed by atoms with Crippen LogP contribution in [0.25, 0.3) is 0 Å². The van der Waals surface area contributed by atoms with Crippen molar-refractivity contribution in [2.45, 2.75) is 26.9 Å². The number of carbonyl (C=O) groups excluding carboxylic acids is 1. The van der Waals surface area contributed by atoms with E-state index < -0.39 is 6.10 Å². The summed E-state index contributed by atoms with van der Waals surface area (Å²) in [5.74, 6) is -0.371. The molecule has 0 rings (SSSR count). The highest BCUT2D eigenvalue weighted by molar-refractivity contribution is 5.88. The molecule has 74 valence electrons. The van der Waals surface area contributed by atoms with E-state index in [-0.39, 0.29) is 5.97 Å². The normalized spacial score (nSPS) is 13.7. The molecule has 0 aromatic rings. The van der Waals surface area contributed by atoms with Crippen molar-refractivity contribution in [2.75, 3.05) is 6.61 Å². The Morgan fingerprint density at radius 1 is 1.69 bits per heavy atom. The lowest BCUT2D eigenvalue weighted by atomic mass is 10.1. The molecule has 0 radical (unpaired) electrons. The zero-order chi connectivity index (χ0) is 10.4. The molecule has 0 saturated heterocycles. The van der Waals surface area contributed by atoms with Gasteiger partial charge in [-0.25, -0.2) is 4.79 Å². The zero-order valence-corrected chi connectivity index (χ0v) is 8.33. The average Bonchev–Trinajstić information content (AvgIpc) is 2.04. The van der Waals surface area contributed by atoms with E-state index in [1.54, 1.807) is 20.8 Å². The van der Waals surface area contributed by atoms with Crippen LogP contribution in [0, 0.1) is 0 Å². The third-order valence-electron chi connectivity index (χ3n) is 1.54. The quantitative estimate of drug-likeness (QED) is 0.408. The van der Waals surface area contributed by atoms with Crippen LogP contribution in [0.15, 0.2) is 23.8 Å². The summed E-state index contributed by atoms with van der Waals surface area (Å²) in [6, 6.07) is 0. The van der Waals surface area contributed by atoms with Gasteiger partial charge in [-0.15, -0.1) is 0 Å². The van der Waals surface area contributed by atoms with E-state index in [0.717, 1.165) is 0 Å². The monoisotopic (exact) mass is 184 g/mol. The minimum absolute atomic E-state index is 0.352. The summed E-state index contributed by atoms with van der Waals surface area (Å²) in [6.07, 6.45) is 0.896. The molecule has 0 aliphatic rings. The van der Waals surface area contributed by atoms with E-state index in [1.165, 1.54) is 6.08 Å². The molecule has 0 spiro atoms. The summed E-state index contributed by atoms with van der Waals surface area (Å²) in [5.41, 5.74) is 0.957. The molecule has 3 nitrogen and oxygen atoms in total. The topological polar surface area (TPSA) is 46.5 Å². The highest BCUT2D eigenvalue weighted by atomic mass is 16.5. The number of hydrogen-bond donors (Lipinski definition) is 1. The van der Waals surface area contributed by atoms with E-state index in [2.05, 4.69) is 6.58 Å². The van der Waals surface area contributed by atoms with Crippen LogP contribution in [0.3, 0.4) is 0 Å². The minimum Gasteiger partial charge on any atom is -0.463 e. The van der Waals surface area contributed by atoms with E-state index in [1.807, 2.05) is 0 Å². The summed E-state index contributed by atoms with van der Waals surface area (Å²) in [7, 11) is 0. The van der Waals surface area contributed by atoms with Crippen molar-refractivity contribution in [1.29, 1.82) is 0 Å². The van der Waals surface area contributed by atoms with Gasteiger partial charge >= 0.3 is 5.97 Å². The molecule has 1 N–H and O–H groups in total. The highest BCUT2D eigenvalue weighted by Gasteiger charge is 2.06. The number of ether oxygens (including phenoxy) is 1. The van der Waals surface area contributed by atoms with Crippen molar-refractivity contribution in [3.63, 3.8) is 0 Å². The van der Waals surface area contributed by atoms with Gasteiger partial charge in [-0.2, -0.15) is 0 Å². The molecule has 0 aromatic carbocycles. The molecule has 0 fully saturated rings. The van der Waals surface area contributed by atoms with Gasteiger partial charge in [-0.3, -0.25) is 0 Å². The molecule has 1 atom stereocenters. The number of carbonyl (C=O) groups is 1. The fourth-order valence-electron chi connectivity index (χ4n) is 0.703. The smallest absolute Gasteiger partial charge is 0.333 e. The molecule has 13 heavy (non-hydrogen) atoms. The molecule has 0 aliphatic carbocycles. The predicted octanol–water partition coefficient (Wildman–Crippen LogP) is 1.43. The standard InChI is InChI=1S/C10H16O3/c1-5-13-10(12)8(3)6-7(2)9(4)11/h6,9,11H,2,5H2,1,3-4H3/b8-6+/t9-/m0/s1. The summed E-state index contributed by atoms with van der Waals surface area (Å²) >= 11 is 0. The number of esters is 1. The van der Waals surface area contributed by atoms with Crippen molar-refractivity contribution in [3.05, 3.63) is 23.8 Å². The van der Waals surface area contributed by atoms with E-state index in [4.69, 9.17) is 9.84 Å². The lowest BCUT2D eigenvalue weighted by Crippen LogP contribution is -2.07. The molecule has 0 saturated carbocycles. The number of hydrogen-bond acceptors (Lipinski definition) is 3. The van der Waals surface area contributed by atoms with Gasteiger partial charge in [0.1, 0.15) is 0 Å². The minimum atomic E-state index is -0.635. The molecule has 0 heterocycles. The van der Waals surface area contributed by atoms with Gasteiger partial charge in [0.15, 0.2) is 0 Å². The summed E-state index contributed by atoms with van der Waals surface area (Å²) in [6.45, 7) is 8.92. The maximum absolute atomic E-state index is 11.1. The van der Waals surface area contributed by atoms with E-state index in [0.29, 0.717) is 17.8 Å². The highest BCUT2D eigenvalue weighted by Crippen LogP contribution is 2.06. The number of rotatable bonds is 4. The first-order valence-corrected chi connectivity index (χ1v) is 4.21. The predicted molar refractivity (Wildman–Crippen MR) is 51.2 cm³/mol. The molecular weight excluding hydrogens is 168 g/mol. The third kappa shape index (κ3) is 4.48. The Kier molecular flexibility index (Phi) is 5.07. The molecule has 0 aliphatic heterocycles. The lowest BCUT2D eigenvalue weighted by molar-refractivity contribution is -0.138. The van der Waals surface area contributed by atoms with Crippen molar-refractivity contribution in [3.8, 4) is 0 Å². The first kappa shape index (κ1) is 11.9. The lowest BCUT2D eigenvalue weighted by Gasteiger charge is -2.05. The van der Waals surface area contributed by atoms with E-state index >= 15 is 0 Å². The molecular formula is C10H16O3. The second kappa shape index (κ2) is 5.54. The van der Waals surface area contributed by atoms with Gasteiger partial charge in [0.05, 0.1) is 12.7 Å². The molecule has 0 unspecified atom stereocenters. The molecule has 0 aromatic heterocycles. The fourth-order valence-corrected chi connectivity index (χ4v) is 0.703. The van der Waals surface area contributed by atoms with Crippen molar-refractivity contribution in [1.82, 2.24) is 0 Å². The Labute approximate surface area is 78.7 Å². The first-order valence-electron chi connectivity index (χ1n) is 4.21. The Morgan fingerprint density at radius 3 is 2.62 bits per heavy atom. The fraction of sp³-hybridized carbons (Fsp3) is 0.500. The van der Waals surface area contributed by atoms with E-state index in [9.17, 15) is 4.79 Å². The summed E-state index contributed by atoms with van der Waals surface area (Å²) < 4.78 is 4.75. The van der Waals surface area contributed by atoms with Gasteiger partial charge in [0, 0.05) is 5.57 Å². The summed E-state index contributed by atoms with van der Waals surface area (Å²) in [4.78, 5) is 11.1. The van der Waals surface area contributed by atoms with Gasteiger partial charge in [-0.05, 0) is 32.4 Å². The van der Waals surface area contributed by atoms with Crippen LogP contribution in [0.5, 0.6) is 0 Å². The van der Waals surface area contributed by atoms with Gasteiger partial charge < -0.3 is 9.84 Å². The first-order chi connectivity index (χ1) is 5.99. The van der Waals surface area contributed by atoms with Crippen LogP contribution < -0.4 is 0 Å². The molecule has 0 bridgehead atoms. The maximum atomic E-state index is 11.1. The average molecular weight is 184 g/mol. The molecule has 3 heteroatoms. The Bertz CT molecular complexity index is 226. The summed E-state index contributed by atoms with van der Waals surface area (Å²) in [5, 5.41) is 9.09. The van der Waals surface area contributed by atoms with Crippen LogP contribution in [0.1, 0.15) is 20.8 Å². The number of aliphatic hydroxyl groups excluding tert-OH is 1.